The van der Waals surface area contributed by atoms with E-state index in [1.807, 2.05) is 38.4 Å². The van der Waals surface area contributed by atoms with Crippen LogP contribution in [0.5, 0.6) is 5.75 Å². The van der Waals surface area contributed by atoms with Crippen molar-refractivity contribution in [3.05, 3.63) is 41.7 Å². The van der Waals surface area contributed by atoms with E-state index in [9.17, 15) is 0 Å². The first-order chi connectivity index (χ1) is 10.2. The minimum Gasteiger partial charge on any atom is -0.497 e. The van der Waals surface area contributed by atoms with E-state index in [2.05, 4.69) is 33.2 Å². The number of hydrogen-bond donors (Lipinski definition) is 1. The van der Waals surface area contributed by atoms with Crippen LogP contribution >= 0.6 is 0 Å². The second-order valence-electron chi connectivity index (χ2n) is 4.84. The molecule has 21 heavy (non-hydrogen) atoms. The fourth-order valence-corrected chi connectivity index (χ4v) is 2.09. The minimum absolute atomic E-state index is 0.764. The lowest BCUT2D eigenvalue weighted by Gasteiger charge is -2.20. The van der Waals surface area contributed by atoms with Gasteiger partial charge in [-0.05, 0) is 17.7 Å². The van der Waals surface area contributed by atoms with Gasteiger partial charge in [-0.2, -0.15) is 0 Å². The van der Waals surface area contributed by atoms with E-state index in [4.69, 9.17) is 4.74 Å². The van der Waals surface area contributed by atoms with Crippen LogP contribution in [0, 0.1) is 0 Å². The van der Waals surface area contributed by atoms with Crippen molar-refractivity contribution in [3.8, 4) is 5.75 Å². The number of nitrogens with one attached hydrogen (secondary N) is 1. The van der Waals surface area contributed by atoms with Crippen molar-refractivity contribution in [1.29, 1.82) is 0 Å². The maximum atomic E-state index is 5.26. The van der Waals surface area contributed by atoms with E-state index in [1.165, 1.54) is 5.56 Å². The second-order valence-corrected chi connectivity index (χ2v) is 4.84. The van der Waals surface area contributed by atoms with E-state index < -0.39 is 0 Å². The van der Waals surface area contributed by atoms with Crippen molar-refractivity contribution in [3.63, 3.8) is 0 Å². The topological polar surface area (TPSA) is 50.3 Å². The summed E-state index contributed by atoms with van der Waals surface area (Å²) < 4.78 is 5.26. The second kappa shape index (κ2) is 6.92. The highest BCUT2D eigenvalue weighted by molar-refractivity contribution is 5.49. The average Bonchev–Trinajstić information content (AvgIpc) is 2.54. The van der Waals surface area contributed by atoms with Gasteiger partial charge in [0.25, 0.3) is 0 Å². The number of methoxy groups -OCH3 is 1. The molecule has 0 saturated heterocycles. The zero-order valence-corrected chi connectivity index (χ0v) is 13.1. The molecule has 0 bridgehead atoms. The van der Waals surface area contributed by atoms with Crippen LogP contribution in [-0.2, 0) is 13.0 Å². The summed E-state index contributed by atoms with van der Waals surface area (Å²) >= 11 is 0. The van der Waals surface area contributed by atoms with Crippen LogP contribution in [0.4, 0.5) is 11.6 Å². The maximum absolute atomic E-state index is 5.26. The number of aryl methyl sites for hydroxylation is 1. The van der Waals surface area contributed by atoms with Crippen LogP contribution in [0.1, 0.15) is 18.3 Å². The molecule has 0 atom stereocenters. The lowest BCUT2D eigenvalue weighted by Crippen LogP contribution is -2.19. The Balaban J connectivity index is 2.20. The Morgan fingerprint density at radius 3 is 2.71 bits per heavy atom. The van der Waals surface area contributed by atoms with Gasteiger partial charge in [0.1, 0.15) is 23.2 Å². The van der Waals surface area contributed by atoms with E-state index in [1.54, 1.807) is 7.11 Å². The molecule has 1 aromatic heterocycles. The molecule has 5 nitrogen and oxygen atoms in total. The molecule has 0 unspecified atom stereocenters. The number of hydrogen-bond acceptors (Lipinski definition) is 5. The van der Waals surface area contributed by atoms with Gasteiger partial charge in [-0.15, -0.1) is 0 Å². The third-order valence-corrected chi connectivity index (χ3v) is 3.28. The number of rotatable bonds is 6. The number of nitrogens with zero attached hydrogens (tertiary/aromatic N) is 3. The molecule has 1 aromatic carbocycles. The highest BCUT2D eigenvalue weighted by Crippen LogP contribution is 2.19. The standard InChI is InChI=1S/C16H22N4O/c1-5-14-18-15(17-2)10-16(19-14)20(3)11-12-7-6-8-13(9-12)21-4/h6-10H,5,11H2,1-4H3,(H,17,18,19). The molecule has 0 radical (unpaired) electrons. The molecule has 5 heteroatoms. The zero-order valence-electron chi connectivity index (χ0n) is 13.1. The highest BCUT2D eigenvalue weighted by atomic mass is 16.5. The Morgan fingerprint density at radius 2 is 2.05 bits per heavy atom. The maximum Gasteiger partial charge on any atom is 0.134 e. The van der Waals surface area contributed by atoms with Crippen LogP contribution in [0.3, 0.4) is 0 Å². The average molecular weight is 286 g/mol. The molecule has 112 valence electrons. The van der Waals surface area contributed by atoms with Gasteiger partial charge in [-0.25, -0.2) is 9.97 Å². The first kappa shape index (κ1) is 15.1. The molecule has 1 N–H and O–H groups in total. The van der Waals surface area contributed by atoms with E-state index in [0.717, 1.165) is 36.2 Å². The first-order valence-corrected chi connectivity index (χ1v) is 7.06. The van der Waals surface area contributed by atoms with Crippen LogP contribution in [0.15, 0.2) is 30.3 Å². The summed E-state index contributed by atoms with van der Waals surface area (Å²) in [6, 6.07) is 10.0. The molecule has 0 aliphatic heterocycles. The van der Waals surface area contributed by atoms with Gasteiger partial charge in [0.2, 0.25) is 0 Å². The number of aromatic nitrogens is 2. The normalized spacial score (nSPS) is 10.3. The van der Waals surface area contributed by atoms with E-state index in [0.29, 0.717) is 0 Å². The van der Waals surface area contributed by atoms with Crippen molar-refractivity contribution in [1.82, 2.24) is 9.97 Å². The van der Waals surface area contributed by atoms with Crippen LogP contribution in [0.25, 0.3) is 0 Å². The first-order valence-electron chi connectivity index (χ1n) is 7.06. The molecule has 1 heterocycles. The van der Waals surface area contributed by atoms with Gasteiger partial charge < -0.3 is 15.0 Å². The Bertz CT molecular complexity index is 578. The van der Waals surface area contributed by atoms with Gasteiger partial charge in [0, 0.05) is 33.1 Å². The molecule has 2 aromatic rings. The fourth-order valence-electron chi connectivity index (χ4n) is 2.09. The smallest absolute Gasteiger partial charge is 0.134 e. The molecule has 0 spiro atoms. The number of ether oxygens (including phenoxy) is 1. The van der Waals surface area contributed by atoms with Crippen LogP contribution in [0.2, 0.25) is 0 Å². The zero-order chi connectivity index (χ0) is 15.2. The summed E-state index contributed by atoms with van der Waals surface area (Å²) in [4.78, 5) is 11.1. The van der Waals surface area contributed by atoms with Crippen molar-refractivity contribution in [2.45, 2.75) is 19.9 Å². The quantitative estimate of drug-likeness (QED) is 0.885. The van der Waals surface area contributed by atoms with E-state index in [-0.39, 0.29) is 0 Å². The largest absolute Gasteiger partial charge is 0.497 e. The SMILES string of the molecule is CCc1nc(NC)cc(N(C)Cc2cccc(OC)c2)n1. The molecule has 0 saturated carbocycles. The molecular formula is C16H22N4O. The Labute approximate surface area is 126 Å². The van der Waals surface area contributed by atoms with Crippen molar-refractivity contribution < 1.29 is 4.74 Å². The lowest BCUT2D eigenvalue weighted by atomic mass is 10.2. The molecule has 0 fully saturated rings. The Hall–Kier alpha value is -2.30. The number of benzene rings is 1. The summed E-state index contributed by atoms with van der Waals surface area (Å²) in [6.07, 6.45) is 0.815. The van der Waals surface area contributed by atoms with Gasteiger partial charge in [-0.3, -0.25) is 0 Å². The molecule has 2 rings (SSSR count). The summed E-state index contributed by atoms with van der Waals surface area (Å²) in [5.74, 6) is 3.46. The fraction of sp³-hybridized carbons (Fsp3) is 0.375. The van der Waals surface area contributed by atoms with Crippen molar-refractivity contribution in [2.75, 3.05) is 31.4 Å². The van der Waals surface area contributed by atoms with Gasteiger partial charge in [0.05, 0.1) is 7.11 Å². The summed E-state index contributed by atoms with van der Waals surface area (Å²) in [5, 5.41) is 3.08. The van der Waals surface area contributed by atoms with Crippen molar-refractivity contribution >= 4 is 11.6 Å². The van der Waals surface area contributed by atoms with Crippen LogP contribution in [-0.4, -0.2) is 31.2 Å². The molecular weight excluding hydrogens is 264 g/mol. The van der Waals surface area contributed by atoms with Crippen LogP contribution < -0.4 is 15.0 Å². The van der Waals surface area contributed by atoms with Gasteiger partial charge in [0.15, 0.2) is 0 Å². The highest BCUT2D eigenvalue weighted by Gasteiger charge is 2.08. The Morgan fingerprint density at radius 1 is 1.24 bits per heavy atom. The monoisotopic (exact) mass is 286 g/mol. The van der Waals surface area contributed by atoms with Gasteiger partial charge >= 0.3 is 0 Å². The summed E-state index contributed by atoms with van der Waals surface area (Å²) in [5.41, 5.74) is 1.18. The van der Waals surface area contributed by atoms with Gasteiger partial charge in [-0.1, -0.05) is 19.1 Å². The molecule has 0 amide bonds. The third-order valence-electron chi connectivity index (χ3n) is 3.28. The third kappa shape index (κ3) is 3.84. The molecule has 0 aliphatic rings. The van der Waals surface area contributed by atoms with Crippen molar-refractivity contribution in [2.24, 2.45) is 0 Å². The minimum atomic E-state index is 0.764. The molecule has 0 aliphatic carbocycles. The predicted molar refractivity (Wildman–Crippen MR) is 86.1 cm³/mol. The predicted octanol–water partition coefficient (Wildman–Crippen LogP) is 2.73. The van der Waals surface area contributed by atoms with E-state index >= 15 is 0 Å². The Kier molecular flexibility index (Phi) is 4.98. The summed E-state index contributed by atoms with van der Waals surface area (Å²) in [6.45, 7) is 2.82. The number of anilines is 2. The lowest BCUT2D eigenvalue weighted by molar-refractivity contribution is 0.414. The summed E-state index contributed by atoms with van der Waals surface area (Å²) in [7, 11) is 5.58.